The smallest absolute Gasteiger partial charge is 0.234 e. The Morgan fingerprint density at radius 2 is 1.88 bits per heavy atom. The molecule has 1 aromatic rings. The highest BCUT2D eigenvalue weighted by Crippen LogP contribution is 2.08. The van der Waals surface area contributed by atoms with Gasteiger partial charge in [-0.1, -0.05) is 12.1 Å². The van der Waals surface area contributed by atoms with E-state index < -0.39 is 0 Å². The predicted octanol–water partition coefficient (Wildman–Crippen LogP) is 0.835. The third kappa shape index (κ3) is 8.03. The van der Waals surface area contributed by atoms with Gasteiger partial charge in [-0.15, -0.1) is 0 Å². The molecule has 0 unspecified atom stereocenters. The van der Waals surface area contributed by atoms with Gasteiger partial charge in [-0.3, -0.25) is 14.5 Å². The molecule has 0 aliphatic carbocycles. The molecule has 0 saturated heterocycles. The number of nitrogens with one attached hydrogen (secondary N) is 2. The number of carbonyl (C=O) groups is 2. The minimum absolute atomic E-state index is 0.117. The average Bonchev–Trinajstić information content (AvgIpc) is 2.52. The highest BCUT2D eigenvalue weighted by atomic mass is 19.1. The van der Waals surface area contributed by atoms with E-state index in [1.165, 1.54) is 6.07 Å². The van der Waals surface area contributed by atoms with E-state index >= 15 is 0 Å². The van der Waals surface area contributed by atoms with E-state index in [4.69, 9.17) is 4.74 Å². The Labute approximate surface area is 142 Å². The van der Waals surface area contributed by atoms with Crippen LogP contribution in [0.4, 0.5) is 4.39 Å². The van der Waals surface area contributed by atoms with Crippen molar-refractivity contribution in [2.45, 2.75) is 19.9 Å². The molecule has 134 valence electrons. The maximum atomic E-state index is 13.2. The summed E-state index contributed by atoms with van der Waals surface area (Å²) in [7, 11) is 3.32. The Hall–Kier alpha value is -1.99. The monoisotopic (exact) mass is 339 g/mol. The Balaban J connectivity index is 2.26. The lowest BCUT2D eigenvalue weighted by Crippen LogP contribution is -2.41. The molecule has 0 atom stereocenters. The summed E-state index contributed by atoms with van der Waals surface area (Å²) in [5.41, 5.74) is 1.38. The molecular weight excluding hydrogens is 313 g/mol. The molecule has 1 rings (SSSR count). The third-order valence-electron chi connectivity index (χ3n) is 3.39. The molecule has 1 aromatic carbocycles. The largest absolute Gasteiger partial charge is 0.385 e. The van der Waals surface area contributed by atoms with Crippen LogP contribution in [0.3, 0.4) is 0 Å². The van der Waals surface area contributed by atoms with Crippen LogP contribution in [0.2, 0.25) is 0 Å². The van der Waals surface area contributed by atoms with E-state index in [1.807, 2.05) is 0 Å². The first-order valence-electron chi connectivity index (χ1n) is 7.88. The van der Waals surface area contributed by atoms with Gasteiger partial charge in [0, 0.05) is 26.8 Å². The minimum atomic E-state index is -0.263. The molecule has 6 nitrogen and oxygen atoms in total. The van der Waals surface area contributed by atoms with E-state index in [2.05, 4.69) is 10.6 Å². The van der Waals surface area contributed by atoms with Crippen molar-refractivity contribution in [3.05, 3.63) is 35.1 Å². The normalized spacial score (nSPS) is 10.7. The van der Waals surface area contributed by atoms with Crippen LogP contribution in [0.15, 0.2) is 18.2 Å². The maximum Gasteiger partial charge on any atom is 0.234 e. The van der Waals surface area contributed by atoms with Crippen LogP contribution in [-0.4, -0.2) is 57.1 Å². The average molecular weight is 339 g/mol. The predicted molar refractivity (Wildman–Crippen MR) is 90.0 cm³/mol. The zero-order valence-corrected chi connectivity index (χ0v) is 14.5. The van der Waals surface area contributed by atoms with Gasteiger partial charge in [-0.25, -0.2) is 4.39 Å². The molecule has 0 radical (unpaired) electrons. The molecular formula is C17H26FN3O3. The lowest BCUT2D eigenvalue weighted by molar-refractivity contribution is -0.124. The summed E-state index contributed by atoms with van der Waals surface area (Å²) in [5.74, 6) is -0.580. The Bertz CT molecular complexity index is 552. The van der Waals surface area contributed by atoms with Crippen LogP contribution in [0, 0.1) is 12.7 Å². The molecule has 0 heterocycles. The summed E-state index contributed by atoms with van der Waals surface area (Å²) in [6, 6.07) is 4.73. The highest BCUT2D eigenvalue weighted by Gasteiger charge is 2.10. The van der Waals surface area contributed by atoms with Crippen LogP contribution in [0.1, 0.15) is 17.5 Å². The van der Waals surface area contributed by atoms with Crippen molar-refractivity contribution in [2.24, 2.45) is 0 Å². The topological polar surface area (TPSA) is 70.7 Å². The number of benzene rings is 1. The lowest BCUT2D eigenvalue weighted by Gasteiger charge is -2.16. The number of ether oxygens (including phenoxy) is 1. The molecule has 0 bridgehead atoms. The van der Waals surface area contributed by atoms with Crippen LogP contribution >= 0.6 is 0 Å². The summed E-state index contributed by atoms with van der Waals surface area (Å²) in [4.78, 5) is 25.2. The number of aryl methyl sites for hydroxylation is 1. The molecule has 0 aliphatic heterocycles. The number of nitrogens with zero attached hydrogens (tertiary/aromatic N) is 1. The van der Waals surface area contributed by atoms with Gasteiger partial charge in [0.1, 0.15) is 5.82 Å². The van der Waals surface area contributed by atoms with Gasteiger partial charge in [0.25, 0.3) is 0 Å². The quantitative estimate of drug-likeness (QED) is 0.620. The van der Waals surface area contributed by atoms with E-state index in [9.17, 15) is 14.0 Å². The second kappa shape index (κ2) is 10.7. The van der Waals surface area contributed by atoms with Crippen molar-refractivity contribution >= 4 is 11.8 Å². The van der Waals surface area contributed by atoms with E-state index in [0.29, 0.717) is 25.3 Å². The number of rotatable bonds is 10. The molecule has 2 amide bonds. The lowest BCUT2D eigenvalue weighted by atomic mass is 10.1. The first-order valence-corrected chi connectivity index (χ1v) is 7.88. The first-order chi connectivity index (χ1) is 11.4. The van der Waals surface area contributed by atoms with Crippen LogP contribution in [0.5, 0.6) is 0 Å². The molecule has 2 N–H and O–H groups in total. The van der Waals surface area contributed by atoms with Gasteiger partial charge in [-0.2, -0.15) is 0 Å². The van der Waals surface area contributed by atoms with Gasteiger partial charge in [0.2, 0.25) is 11.8 Å². The van der Waals surface area contributed by atoms with Gasteiger partial charge in [-0.05, 0) is 37.6 Å². The molecule has 24 heavy (non-hydrogen) atoms. The highest BCUT2D eigenvalue weighted by molar-refractivity contribution is 5.81. The zero-order chi connectivity index (χ0) is 17.9. The molecule has 0 aliphatic rings. The van der Waals surface area contributed by atoms with E-state index in [0.717, 1.165) is 12.0 Å². The van der Waals surface area contributed by atoms with Crippen molar-refractivity contribution in [3.63, 3.8) is 0 Å². The van der Waals surface area contributed by atoms with Crippen molar-refractivity contribution in [3.8, 4) is 0 Å². The third-order valence-corrected chi connectivity index (χ3v) is 3.39. The number of hydrogen-bond acceptors (Lipinski definition) is 4. The van der Waals surface area contributed by atoms with E-state index in [1.54, 1.807) is 38.1 Å². The summed E-state index contributed by atoms with van der Waals surface area (Å²) in [5, 5.41) is 5.52. The second-order valence-corrected chi connectivity index (χ2v) is 5.73. The van der Waals surface area contributed by atoms with Crippen molar-refractivity contribution in [1.82, 2.24) is 15.5 Å². The number of amides is 2. The number of methoxy groups -OCH3 is 1. The SMILES string of the molecule is COCCCNC(=O)CN(C)CC(=O)NCc1ccc(F)c(C)c1. The van der Waals surface area contributed by atoms with Gasteiger partial charge in [0.05, 0.1) is 13.1 Å². The maximum absolute atomic E-state index is 13.2. The van der Waals surface area contributed by atoms with Gasteiger partial charge < -0.3 is 15.4 Å². The fraction of sp³-hybridized carbons (Fsp3) is 0.529. The van der Waals surface area contributed by atoms with E-state index in [-0.39, 0.29) is 30.7 Å². The van der Waals surface area contributed by atoms with Crippen molar-refractivity contribution < 1.29 is 18.7 Å². The van der Waals surface area contributed by atoms with Gasteiger partial charge >= 0.3 is 0 Å². The number of likely N-dealkylation sites (N-methyl/N-ethyl adjacent to an activating group) is 1. The summed E-state index contributed by atoms with van der Waals surface area (Å²) in [6.07, 6.45) is 0.753. The molecule has 0 fully saturated rings. The van der Waals surface area contributed by atoms with Gasteiger partial charge in [0.15, 0.2) is 0 Å². The molecule has 0 spiro atoms. The summed E-state index contributed by atoms with van der Waals surface area (Å²) >= 11 is 0. The standard InChI is InChI=1S/C17H26FN3O3/c1-13-9-14(5-6-15(13)18)10-20-17(23)12-21(2)11-16(22)19-7-4-8-24-3/h5-6,9H,4,7-8,10-12H2,1-3H3,(H,19,22)(H,20,23). The van der Waals surface area contributed by atoms with Crippen LogP contribution in [0.25, 0.3) is 0 Å². The van der Waals surface area contributed by atoms with Crippen LogP contribution in [-0.2, 0) is 20.9 Å². The fourth-order valence-electron chi connectivity index (χ4n) is 2.12. The molecule has 0 aromatic heterocycles. The second-order valence-electron chi connectivity index (χ2n) is 5.73. The Kier molecular flexibility index (Phi) is 8.96. The molecule has 7 heteroatoms. The number of hydrogen-bond donors (Lipinski definition) is 2. The summed E-state index contributed by atoms with van der Waals surface area (Å²) < 4.78 is 18.1. The fourth-order valence-corrected chi connectivity index (χ4v) is 2.12. The zero-order valence-electron chi connectivity index (χ0n) is 14.5. The number of halogens is 1. The Morgan fingerprint density at radius 3 is 2.50 bits per heavy atom. The van der Waals surface area contributed by atoms with Crippen LogP contribution < -0.4 is 10.6 Å². The minimum Gasteiger partial charge on any atom is -0.385 e. The Morgan fingerprint density at radius 1 is 1.21 bits per heavy atom. The summed E-state index contributed by atoms with van der Waals surface area (Å²) in [6.45, 7) is 3.43. The van der Waals surface area contributed by atoms with Crippen molar-refractivity contribution in [1.29, 1.82) is 0 Å². The first kappa shape index (κ1) is 20.1. The van der Waals surface area contributed by atoms with Crippen molar-refractivity contribution in [2.75, 3.05) is 40.4 Å². The molecule has 0 saturated carbocycles. The number of carbonyl (C=O) groups excluding carboxylic acids is 2.